The molecule has 1 saturated heterocycles. The Morgan fingerprint density at radius 1 is 1.26 bits per heavy atom. The van der Waals surface area contributed by atoms with Crippen molar-refractivity contribution in [2.75, 3.05) is 46.8 Å². The zero-order chi connectivity index (χ0) is 16.8. The van der Waals surface area contributed by atoms with Gasteiger partial charge in [0, 0.05) is 49.9 Å². The van der Waals surface area contributed by atoms with Gasteiger partial charge in [0.1, 0.15) is 0 Å². The highest BCUT2D eigenvalue weighted by molar-refractivity contribution is 6.31. The summed E-state index contributed by atoms with van der Waals surface area (Å²) < 4.78 is 0. The lowest BCUT2D eigenvalue weighted by molar-refractivity contribution is -0.128. The molecule has 0 aliphatic carbocycles. The number of hydrogen-bond acceptors (Lipinski definition) is 3. The van der Waals surface area contributed by atoms with E-state index in [0.717, 1.165) is 43.3 Å². The molecule has 1 atom stereocenters. The zero-order valence-corrected chi connectivity index (χ0v) is 15.0. The fourth-order valence-electron chi connectivity index (χ4n) is 2.81. The Balaban J connectivity index is 1.87. The molecular formula is C18H26ClN3O. The van der Waals surface area contributed by atoms with Crippen LogP contribution in [0.4, 0.5) is 0 Å². The van der Waals surface area contributed by atoms with E-state index in [-0.39, 0.29) is 11.9 Å². The Labute approximate surface area is 144 Å². The van der Waals surface area contributed by atoms with Crippen LogP contribution in [0.5, 0.6) is 0 Å². The molecule has 126 valence electrons. The van der Waals surface area contributed by atoms with Crippen molar-refractivity contribution in [1.29, 1.82) is 0 Å². The summed E-state index contributed by atoms with van der Waals surface area (Å²) in [6, 6.07) is 8.25. The Hall–Kier alpha value is -1.36. The van der Waals surface area contributed by atoms with Gasteiger partial charge in [0.2, 0.25) is 5.91 Å². The molecule has 1 amide bonds. The Morgan fingerprint density at radius 2 is 1.91 bits per heavy atom. The SMILES string of the molecule is CC(c1ccccc1Cl)N1CCN(C(=O)/C=C/CN(C)C)CC1. The number of rotatable bonds is 5. The average molecular weight is 336 g/mol. The fourth-order valence-corrected chi connectivity index (χ4v) is 3.10. The number of amides is 1. The van der Waals surface area contributed by atoms with Crippen LogP contribution in [-0.2, 0) is 4.79 Å². The summed E-state index contributed by atoms with van der Waals surface area (Å²) in [4.78, 5) is 18.5. The first-order valence-corrected chi connectivity index (χ1v) is 8.45. The van der Waals surface area contributed by atoms with Crippen LogP contribution < -0.4 is 0 Å². The van der Waals surface area contributed by atoms with Crippen molar-refractivity contribution in [2.45, 2.75) is 13.0 Å². The topological polar surface area (TPSA) is 26.8 Å². The molecule has 1 aromatic rings. The van der Waals surface area contributed by atoms with Gasteiger partial charge in [-0.3, -0.25) is 9.69 Å². The van der Waals surface area contributed by atoms with E-state index in [2.05, 4.69) is 17.9 Å². The predicted molar refractivity (Wildman–Crippen MR) is 95.7 cm³/mol. The van der Waals surface area contributed by atoms with Gasteiger partial charge in [-0.05, 0) is 32.6 Å². The van der Waals surface area contributed by atoms with E-state index in [1.54, 1.807) is 6.08 Å². The maximum Gasteiger partial charge on any atom is 0.246 e. The molecule has 1 aliphatic heterocycles. The van der Waals surface area contributed by atoms with E-state index in [0.29, 0.717) is 0 Å². The first kappa shape index (κ1) is 18.0. The number of carbonyl (C=O) groups excluding carboxylic acids is 1. The van der Waals surface area contributed by atoms with E-state index in [1.807, 2.05) is 48.2 Å². The summed E-state index contributed by atoms with van der Waals surface area (Å²) in [7, 11) is 3.98. The van der Waals surface area contributed by atoms with Gasteiger partial charge in [0.15, 0.2) is 0 Å². The molecule has 1 fully saturated rings. The standard InChI is InChI=1S/C18H26ClN3O/c1-15(16-7-4-5-8-17(16)19)21-11-13-22(14-12-21)18(23)9-6-10-20(2)3/h4-9,15H,10-14H2,1-3H3/b9-6+. The van der Waals surface area contributed by atoms with Crippen LogP contribution in [-0.4, -0.2) is 67.4 Å². The smallest absolute Gasteiger partial charge is 0.246 e. The quantitative estimate of drug-likeness (QED) is 0.774. The molecule has 0 radical (unpaired) electrons. The summed E-state index contributed by atoms with van der Waals surface area (Å²) in [5.74, 6) is 0.108. The minimum Gasteiger partial charge on any atom is -0.337 e. The lowest BCUT2D eigenvalue weighted by atomic mass is 10.1. The van der Waals surface area contributed by atoms with Crippen molar-refractivity contribution in [1.82, 2.24) is 14.7 Å². The summed E-state index contributed by atoms with van der Waals surface area (Å²) >= 11 is 6.30. The lowest BCUT2D eigenvalue weighted by Crippen LogP contribution is -2.48. The normalized spacial score (nSPS) is 17.9. The van der Waals surface area contributed by atoms with Gasteiger partial charge in [-0.2, -0.15) is 0 Å². The Morgan fingerprint density at radius 3 is 2.52 bits per heavy atom. The summed E-state index contributed by atoms with van der Waals surface area (Å²) in [6.45, 7) is 6.24. The zero-order valence-electron chi connectivity index (χ0n) is 14.2. The van der Waals surface area contributed by atoms with Gasteiger partial charge < -0.3 is 9.80 Å². The van der Waals surface area contributed by atoms with Crippen LogP contribution in [0.15, 0.2) is 36.4 Å². The van der Waals surface area contributed by atoms with E-state index < -0.39 is 0 Å². The van der Waals surface area contributed by atoms with Crippen molar-refractivity contribution < 1.29 is 4.79 Å². The van der Waals surface area contributed by atoms with Crippen LogP contribution >= 0.6 is 11.6 Å². The highest BCUT2D eigenvalue weighted by Crippen LogP contribution is 2.27. The molecule has 4 nitrogen and oxygen atoms in total. The van der Waals surface area contributed by atoms with Crippen LogP contribution in [0, 0.1) is 0 Å². The first-order chi connectivity index (χ1) is 11.0. The number of carbonyl (C=O) groups is 1. The van der Waals surface area contributed by atoms with Crippen molar-refractivity contribution in [3.05, 3.63) is 47.0 Å². The lowest BCUT2D eigenvalue weighted by Gasteiger charge is -2.38. The third-order valence-electron chi connectivity index (χ3n) is 4.26. The van der Waals surface area contributed by atoms with Gasteiger partial charge in [-0.1, -0.05) is 35.9 Å². The molecule has 0 N–H and O–H groups in total. The van der Waals surface area contributed by atoms with Crippen molar-refractivity contribution in [3.8, 4) is 0 Å². The van der Waals surface area contributed by atoms with Gasteiger partial charge in [-0.15, -0.1) is 0 Å². The first-order valence-electron chi connectivity index (χ1n) is 8.07. The van der Waals surface area contributed by atoms with E-state index >= 15 is 0 Å². The molecule has 1 unspecified atom stereocenters. The molecular weight excluding hydrogens is 310 g/mol. The number of halogens is 1. The van der Waals surface area contributed by atoms with Crippen molar-refractivity contribution >= 4 is 17.5 Å². The second-order valence-electron chi connectivity index (χ2n) is 6.22. The second-order valence-corrected chi connectivity index (χ2v) is 6.63. The number of piperazine rings is 1. The minimum absolute atomic E-state index is 0.108. The predicted octanol–water partition coefficient (Wildman–Crippen LogP) is 2.66. The van der Waals surface area contributed by atoms with E-state index in [4.69, 9.17) is 11.6 Å². The van der Waals surface area contributed by atoms with Crippen LogP contribution in [0.2, 0.25) is 5.02 Å². The summed E-state index contributed by atoms with van der Waals surface area (Å²) in [5, 5.41) is 0.810. The van der Waals surface area contributed by atoms with Crippen molar-refractivity contribution in [3.63, 3.8) is 0 Å². The van der Waals surface area contributed by atoms with Crippen LogP contribution in [0.1, 0.15) is 18.5 Å². The number of nitrogens with zero attached hydrogens (tertiary/aromatic N) is 3. The number of hydrogen-bond donors (Lipinski definition) is 0. The highest BCUT2D eigenvalue weighted by atomic mass is 35.5. The molecule has 0 bridgehead atoms. The second kappa shape index (κ2) is 8.48. The number of benzene rings is 1. The molecule has 1 aromatic carbocycles. The molecule has 0 aromatic heterocycles. The Bertz CT molecular complexity index is 551. The Kier molecular flexibility index (Phi) is 6.63. The number of likely N-dealkylation sites (N-methyl/N-ethyl adjacent to an activating group) is 1. The third kappa shape index (κ3) is 5.06. The van der Waals surface area contributed by atoms with Gasteiger partial charge in [0.25, 0.3) is 0 Å². The largest absolute Gasteiger partial charge is 0.337 e. The summed E-state index contributed by atoms with van der Waals surface area (Å²) in [5.41, 5.74) is 1.15. The molecule has 0 spiro atoms. The molecule has 23 heavy (non-hydrogen) atoms. The van der Waals surface area contributed by atoms with Gasteiger partial charge >= 0.3 is 0 Å². The van der Waals surface area contributed by atoms with Gasteiger partial charge in [0.05, 0.1) is 0 Å². The van der Waals surface area contributed by atoms with Crippen LogP contribution in [0.3, 0.4) is 0 Å². The summed E-state index contributed by atoms with van der Waals surface area (Å²) in [6.07, 6.45) is 3.61. The molecule has 5 heteroatoms. The molecule has 2 rings (SSSR count). The van der Waals surface area contributed by atoms with Crippen molar-refractivity contribution in [2.24, 2.45) is 0 Å². The molecule has 1 aliphatic rings. The highest BCUT2D eigenvalue weighted by Gasteiger charge is 2.24. The maximum absolute atomic E-state index is 12.2. The van der Waals surface area contributed by atoms with E-state index in [9.17, 15) is 4.79 Å². The van der Waals surface area contributed by atoms with Gasteiger partial charge in [-0.25, -0.2) is 0 Å². The van der Waals surface area contributed by atoms with Crippen LogP contribution in [0.25, 0.3) is 0 Å². The monoisotopic (exact) mass is 335 g/mol. The van der Waals surface area contributed by atoms with E-state index in [1.165, 1.54) is 0 Å². The molecule has 0 saturated carbocycles. The third-order valence-corrected chi connectivity index (χ3v) is 4.60. The molecule has 1 heterocycles. The fraction of sp³-hybridized carbons (Fsp3) is 0.500. The maximum atomic E-state index is 12.2. The minimum atomic E-state index is 0.108. The average Bonchev–Trinajstić information content (AvgIpc) is 2.54.